The number of esters is 1. The maximum Gasteiger partial charge on any atom is 0.311 e. The predicted octanol–water partition coefficient (Wildman–Crippen LogP) is 5.75. The van der Waals surface area contributed by atoms with Crippen molar-refractivity contribution in [1.29, 1.82) is 0 Å². The number of hydroxylamine groups is 1. The molecule has 412 valence electrons. The van der Waals surface area contributed by atoms with Crippen LogP contribution in [0.15, 0.2) is 30.5 Å². The number of fused-ring (bicyclic) bond motifs is 1. The summed E-state index contributed by atoms with van der Waals surface area (Å²) in [4.78, 5) is 42.0. The van der Waals surface area contributed by atoms with E-state index < -0.39 is 102 Å². The minimum Gasteiger partial charge on any atom is -0.458 e. The summed E-state index contributed by atoms with van der Waals surface area (Å²) in [7, 11) is 5.19. The van der Waals surface area contributed by atoms with Gasteiger partial charge in [-0.2, -0.15) is 0 Å². The molecule has 1 aromatic carbocycles. The number of aliphatic hydroxyl groups is 3. The number of amides is 1. The summed E-state index contributed by atoms with van der Waals surface area (Å²) >= 11 is 0. The van der Waals surface area contributed by atoms with Crippen molar-refractivity contribution in [2.24, 2.45) is 29.6 Å². The highest BCUT2D eigenvalue weighted by molar-refractivity contribution is 5.84. The Morgan fingerprint density at radius 3 is 2.16 bits per heavy atom. The van der Waals surface area contributed by atoms with Crippen LogP contribution in [0.4, 0.5) is 0 Å². The number of carbonyl (C=O) groups is 3. The number of aliphatic hydroxyl groups excluding tert-OH is 2. The second-order valence-corrected chi connectivity index (χ2v) is 22.4. The van der Waals surface area contributed by atoms with E-state index in [1.54, 1.807) is 54.1 Å². The molecule has 2 aromatic rings. The van der Waals surface area contributed by atoms with E-state index in [9.17, 15) is 29.7 Å². The van der Waals surface area contributed by atoms with E-state index in [0.29, 0.717) is 19.4 Å². The number of ether oxygens (including phenoxy) is 7. The van der Waals surface area contributed by atoms with Crippen LogP contribution in [0.1, 0.15) is 139 Å². The average Bonchev–Trinajstić information content (AvgIpc) is 3.62. The molecular weight excluding hydrogens is 943 g/mol. The third-order valence-corrected chi connectivity index (χ3v) is 16.8. The minimum absolute atomic E-state index is 0.0436. The first-order valence-electron chi connectivity index (χ1n) is 26.7. The molecule has 0 spiro atoms. The molecule has 0 radical (unpaired) electrons. The van der Waals surface area contributed by atoms with Crippen LogP contribution in [0.2, 0.25) is 0 Å². The molecule has 4 heterocycles. The van der Waals surface area contributed by atoms with Crippen LogP contribution in [0.5, 0.6) is 0 Å². The van der Waals surface area contributed by atoms with Crippen molar-refractivity contribution < 1.29 is 68.1 Å². The largest absolute Gasteiger partial charge is 0.458 e. The van der Waals surface area contributed by atoms with Gasteiger partial charge in [0.25, 0.3) is 0 Å². The van der Waals surface area contributed by atoms with E-state index in [1.165, 1.54) is 7.11 Å². The van der Waals surface area contributed by atoms with Crippen molar-refractivity contribution in [3.05, 3.63) is 36.0 Å². The number of nitrogens with zero attached hydrogens (tertiary/aromatic N) is 4. The molecule has 19 nitrogen and oxygen atoms in total. The monoisotopic (exact) mass is 1030 g/mol. The highest BCUT2D eigenvalue weighted by Gasteiger charge is 2.70. The Kier molecular flexibility index (Phi) is 20.2. The smallest absolute Gasteiger partial charge is 0.311 e. The van der Waals surface area contributed by atoms with Gasteiger partial charge in [0.15, 0.2) is 12.6 Å². The number of ketones is 1. The Bertz CT molecular complexity index is 2110. The van der Waals surface area contributed by atoms with Crippen molar-refractivity contribution >= 4 is 17.7 Å². The maximum absolute atomic E-state index is 14.3. The Balaban J connectivity index is 1.18. The van der Waals surface area contributed by atoms with Gasteiger partial charge in [0, 0.05) is 81.8 Å². The van der Waals surface area contributed by atoms with E-state index in [-0.39, 0.29) is 36.7 Å². The van der Waals surface area contributed by atoms with Crippen molar-refractivity contribution in [1.82, 2.24) is 25.4 Å². The Morgan fingerprint density at radius 1 is 0.849 bits per heavy atom. The Morgan fingerprint density at radius 2 is 1.51 bits per heavy atom. The first-order valence-corrected chi connectivity index (χ1v) is 26.7. The molecule has 1 aliphatic carbocycles. The summed E-state index contributed by atoms with van der Waals surface area (Å²) in [5.74, 6) is -5.16. The van der Waals surface area contributed by atoms with Gasteiger partial charge in [-0.05, 0) is 72.9 Å². The zero-order chi connectivity index (χ0) is 53.6. The zero-order valence-electron chi connectivity index (χ0n) is 45.4. The number of unbranched alkanes of at least 4 members (excludes halogenated alkanes) is 5. The fraction of sp³-hybridized carbons (Fsp3) is 0.796. The van der Waals surface area contributed by atoms with Gasteiger partial charge in [-0.25, -0.2) is 5.48 Å². The van der Waals surface area contributed by atoms with Crippen molar-refractivity contribution in [2.45, 2.75) is 224 Å². The fourth-order valence-electron chi connectivity index (χ4n) is 11.8. The van der Waals surface area contributed by atoms with Crippen LogP contribution < -0.4 is 5.48 Å². The first-order chi connectivity index (χ1) is 34.5. The lowest BCUT2D eigenvalue weighted by atomic mass is 9.75. The SMILES string of the molecule is CO[C@]1(C)CC(O[C@@H]2[C@H](C)[C@@H](OC3C[C@@H](N(C)Cc4ccc(-c5cn(CCCCCCCCC(=O)NO)nn5)cc4)C[C@@H](C)O3)[C@@](C)(OC)C[C@@H](C)C(=O)[C@H](C)[C@@H](O)[C@@]3(O)C(C)C3OC(=O)[C@@H]2C)O[C@@H](C)[C@@H]1O. The lowest BCUT2D eigenvalue weighted by Crippen LogP contribution is -2.59. The number of benzene rings is 1. The first kappa shape index (κ1) is 58.8. The summed E-state index contributed by atoms with van der Waals surface area (Å²) < 4.78 is 47.0. The third-order valence-electron chi connectivity index (χ3n) is 16.8. The van der Waals surface area contributed by atoms with E-state index in [1.807, 2.05) is 31.6 Å². The van der Waals surface area contributed by atoms with Crippen LogP contribution in [-0.4, -0.2) is 158 Å². The number of Topliss-reactive ketones (excluding diaryl/α,β-unsaturated/α-hetero) is 1. The van der Waals surface area contributed by atoms with Gasteiger partial charge in [0.2, 0.25) is 5.91 Å². The van der Waals surface area contributed by atoms with Crippen LogP contribution >= 0.6 is 0 Å². The molecule has 6 rings (SSSR count). The summed E-state index contributed by atoms with van der Waals surface area (Å²) in [6.45, 7) is 17.6. The standard InChI is InChI=1S/C54H87N5O14/c1-31-27-53(9,68-12)49(34(4)46(71-44-28-52(8,67-11)48(63)37(7)70-44)35(5)51(64)73-50-36(6)54(50,65)47(62)33(3)45(31)61)72-43-26-40(25-32(2)69-43)58(10)29-38-20-22-39(23-21-38)41-30-59(57-55-41)24-18-16-14-13-15-17-19-42(60)56-66/h20-23,30-37,40,43-44,46-50,62-63,65-66H,13-19,24-29H2,1-12H3,(H,56,60)/t31-,32-,33+,34+,35-,36?,37+,40+,43?,44?,46-,47-,48+,49-,50?,52-,53+,54+/m1/s1. The summed E-state index contributed by atoms with van der Waals surface area (Å²) in [5.41, 5.74) is 0.537. The zero-order valence-corrected chi connectivity index (χ0v) is 45.4. The van der Waals surface area contributed by atoms with E-state index >= 15 is 0 Å². The van der Waals surface area contributed by atoms with Gasteiger partial charge in [0.1, 0.15) is 29.3 Å². The van der Waals surface area contributed by atoms with Crippen LogP contribution in [0.25, 0.3) is 11.3 Å². The normalized spacial score (nSPS) is 38.6. The third kappa shape index (κ3) is 13.7. The summed E-state index contributed by atoms with van der Waals surface area (Å²) in [6, 6.07) is 8.40. The van der Waals surface area contributed by atoms with Gasteiger partial charge in [-0.1, -0.05) is 82.9 Å². The van der Waals surface area contributed by atoms with Gasteiger partial charge in [-0.3, -0.25) is 29.2 Å². The van der Waals surface area contributed by atoms with E-state index in [4.69, 9.17) is 38.4 Å². The molecule has 4 fully saturated rings. The second kappa shape index (κ2) is 25.1. The summed E-state index contributed by atoms with van der Waals surface area (Å²) in [5, 5.41) is 51.8. The molecule has 3 saturated heterocycles. The number of aromatic nitrogens is 3. The molecule has 19 heteroatoms. The summed E-state index contributed by atoms with van der Waals surface area (Å²) in [6.07, 6.45) is 1.90. The van der Waals surface area contributed by atoms with Gasteiger partial charge >= 0.3 is 5.97 Å². The lowest BCUT2D eigenvalue weighted by Gasteiger charge is -2.49. The highest BCUT2D eigenvalue weighted by Crippen LogP contribution is 2.52. The minimum atomic E-state index is -1.82. The highest BCUT2D eigenvalue weighted by atomic mass is 16.7. The molecule has 3 aliphatic heterocycles. The maximum atomic E-state index is 14.3. The van der Waals surface area contributed by atoms with Gasteiger partial charge < -0.3 is 48.5 Å². The van der Waals surface area contributed by atoms with Crippen LogP contribution in [-0.2, 0) is 60.6 Å². The van der Waals surface area contributed by atoms with Crippen molar-refractivity contribution in [2.75, 3.05) is 21.3 Å². The fourth-order valence-corrected chi connectivity index (χ4v) is 11.8. The second-order valence-electron chi connectivity index (χ2n) is 22.4. The number of rotatable bonds is 19. The molecule has 4 unspecified atom stereocenters. The molecule has 4 aliphatic rings. The molecule has 1 amide bonds. The van der Waals surface area contributed by atoms with Gasteiger partial charge in [0.05, 0.1) is 53.8 Å². The topological polar surface area (TPSA) is 243 Å². The Labute approximate surface area is 432 Å². The average molecular weight is 1030 g/mol. The van der Waals surface area contributed by atoms with Crippen molar-refractivity contribution in [3.63, 3.8) is 0 Å². The number of hydrogen-bond acceptors (Lipinski definition) is 17. The molecule has 18 atom stereocenters. The molecule has 5 N–H and O–H groups in total. The quantitative estimate of drug-likeness (QED) is 0.0487. The number of nitrogens with one attached hydrogen (secondary N) is 1. The molecule has 1 saturated carbocycles. The Hall–Kier alpha value is -3.47. The number of aryl methyl sites for hydroxylation is 1. The van der Waals surface area contributed by atoms with Crippen molar-refractivity contribution in [3.8, 4) is 11.3 Å². The molecular formula is C54H87N5O14. The predicted molar refractivity (Wildman–Crippen MR) is 268 cm³/mol. The molecule has 73 heavy (non-hydrogen) atoms. The molecule has 1 aromatic heterocycles. The van der Waals surface area contributed by atoms with Crippen LogP contribution in [0.3, 0.4) is 0 Å². The van der Waals surface area contributed by atoms with Gasteiger partial charge in [-0.15, -0.1) is 5.10 Å². The van der Waals surface area contributed by atoms with Crippen LogP contribution in [0, 0.1) is 29.6 Å². The number of carbonyl (C=O) groups excluding carboxylic acids is 3. The lowest BCUT2D eigenvalue weighted by molar-refractivity contribution is -0.309. The number of methoxy groups -OCH3 is 2. The van der Waals surface area contributed by atoms with E-state index in [0.717, 1.165) is 68.3 Å². The number of hydrogen-bond donors (Lipinski definition) is 5. The van der Waals surface area contributed by atoms with E-state index in [2.05, 4.69) is 46.5 Å². The molecule has 0 bridgehead atoms.